The number of fused-ring (bicyclic) bond motifs is 1. The quantitative estimate of drug-likeness (QED) is 0.340. The molecule has 1 unspecified atom stereocenters. The molecule has 5 fully saturated rings. The van der Waals surface area contributed by atoms with Gasteiger partial charge in [-0.25, -0.2) is 0 Å². The number of benzene rings is 1. The van der Waals surface area contributed by atoms with Gasteiger partial charge in [0.25, 0.3) is 5.91 Å². The molecule has 3 amide bonds. The summed E-state index contributed by atoms with van der Waals surface area (Å²) in [5, 5.41) is 9.88. The molecule has 3 N–H and O–H groups in total. The van der Waals surface area contributed by atoms with E-state index < -0.39 is 6.04 Å². The lowest BCUT2D eigenvalue weighted by Crippen LogP contribution is -2.58. The lowest BCUT2D eigenvalue weighted by Gasteiger charge is -2.57. The number of nitrogens with zero attached hydrogens (tertiary/aromatic N) is 1. The molecule has 1 atom stereocenters. The molecule has 7 nitrogen and oxygen atoms in total. The number of hydrogen-bond acceptors (Lipinski definition) is 5. The predicted molar refractivity (Wildman–Crippen MR) is 138 cm³/mol. The van der Waals surface area contributed by atoms with E-state index in [1.165, 1.54) is 64.3 Å². The number of imide groups is 1. The Balaban J connectivity index is 0.898. The van der Waals surface area contributed by atoms with Gasteiger partial charge in [-0.3, -0.25) is 19.7 Å². The fourth-order valence-electron chi connectivity index (χ4n) is 8.20. The number of rotatable bonds is 10. The van der Waals surface area contributed by atoms with E-state index in [1.807, 2.05) is 18.2 Å². The van der Waals surface area contributed by atoms with Crippen LogP contribution in [0, 0.1) is 17.8 Å². The highest BCUT2D eigenvalue weighted by Crippen LogP contribution is 2.55. The number of unbranched alkanes of at least 4 members (excludes halogenated alkanes) is 3. The van der Waals surface area contributed by atoms with Gasteiger partial charge in [0.2, 0.25) is 11.8 Å². The highest BCUT2D eigenvalue weighted by molar-refractivity contribution is 6.05. The number of carbonyl (C=O) groups is 3. The maximum atomic E-state index is 12.8. The van der Waals surface area contributed by atoms with Crippen LogP contribution >= 0.6 is 0 Å². The third-order valence-corrected chi connectivity index (χ3v) is 9.49. The molecule has 6 aliphatic rings. The standard InChI is InChI=1S/C29H40N4O3/c34-26-8-7-25(27(35)32-26)33-18-22-14-23(5-6-24(22)28(33)36)30-9-3-1-2-4-10-31-29-15-19-11-20(16-29)13-21(12-19)17-29/h5-6,14,19-21,25,30-31H,1-4,7-13,15-18H2,(H,32,34,35). The third-order valence-electron chi connectivity index (χ3n) is 9.49. The van der Waals surface area contributed by atoms with Crippen LogP contribution < -0.4 is 16.0 Å². The summed E-state index contributed by atoms with van der Waals surface area (Å²) in [6.07, 6.45) is 14.4. The highest BCUT2D eigenvalue weighted by atomic mass is 16.2. The topological polar surface area (TPSA) is 90.5 Å². The second-order valence-electron chi connectivity index (χ2n) is 12.2. The van der Waals surface area contributed by atoms with Crippen LogP contribution in [0.2, 0.25) is 0 Å². The molecular formula is C29H40N4O3. The Morgan fingerprint density at radius 1 is 0.917 bits per heavy atom. The molecule has 4 saturated carbocycles. The molecule has 2 aliphatic heterocycles. The Morgan fingerprint density at radius 2 is 1.61 bits per heavy atom. The number of hydrogen-bond donors (Lipinski definition) is 3. The van der Waals surface area contributed by atoms with Crippen molar-refractivity contribution in [3.8, 4) is 0 Å². The molecule has 7 rings (SSSR count). The van der Waals surface area contributed by atoms with Gasteiger partial charge in [-0.2, -0.15) is 0 Å². The monoisotopic (exact) mass is 492 g/mol. The molecule has 4 aliphatic carbocycles. The zero-order valence-electron chi connectivity index (χ0n) is 21.3. The van der Waals surface area contributed by atoms with Crippen LogP contribution in [-0.2, 0) is 16.1 Å². The summed E-state index contributed by atoms with van der Waals surface area (Å²) in [5.41, 5.74) is 3.12. The Morgan fingerprint density at radius 3 is 2.31 bits per heavy atom. The SMILES string of the molecule is O=C1CCC(N2Cc3cc(NCCCCCCNC45CC6CC(CC(C6)C4)C5)ccc3C2=O)C(=O)N1. The average Bonchev–Trinajstić information content (AvgIpc) is 3.15. The van der Waals surface area contributed by atoms with E-state index in [4.69, 9.17) is 0 Å². The Labute approximate surface area is 214 Å². The van der Waals surface area contributed by atoms with Crippen LogP contribution in [0.15, 0.2) is 18.2 Å². The summed E-state index contributed by atoms with van der Waals surface area (Å²) in [5.74, 6) is 2.28. The van der Waals surface area contributed by atoms with Crippen LogP contribution in [-0.4, -0.2) is 47.3 Å². The van der Waals surface area contributed by atoms with Crippen molar-refractivity contribution in [3.05, 3.63) is 29.3 Å². The molecular weight excluding hydrogens is 452 g/mol. The van der Waals surface area contributed by atoms with Crippen molar-refractivity contribution in [1.82, 2.24) is 15.5 Å². The van der Waals surface area contributed by atoms with Gasteiger partial charge >= 0.3 is 0 Å². The first-order valence-corrected chi connectivity index (χ1v) is 14.2. The lowest BCUT2D eigenvalue weighted by atomic mass is 9.53. The molecule has 0 aromatic heterocycles. The molecule has 0 radical (unpaired) electrons. The molecule has 194 valence electrons. The zero-order chi connectivity index (χ0) is 24.7. The number of anilines is 1. The number of carbonyl (C=O) groups excluding carboxylic acids is 3. The summed E-state index contributed by atoms with van der Waals surface area (Å²) in [6.45, 7) is 2.51. The number of nitrogens with one attached hydrogen (secondary N) is 3. The van der Waals surface area contributed by atoms with Gasteiger partial charge in [-0.15, -0.1) is 0 Å². The van der Waals surface area contributed by atoms with E-state index in [-0.39, 0.29) is 24.1 Å². The summed E-state index contributed by atoms with van der Waals surface area (Å²) in [6, 6.07) is 5.30. The summed E-state index contributed by atoms with van der Waals surface area (Å²) >= 11 is 0. The van der Waals surface area contributed by atoms with Gasteiger partial charge in [0.1, 0.15) is 6.04 Å². The molecule has 36 heavy (non-hydrogen) atoms. The predicted octanol–water partition coefficient (Wildman–Crippen LogP) is 3.98. The Bertz CT molecular complexity index is 1000. The maximum absolute atomic E-state index is 12.8. The van der Waals surface area contributed by atoms with Crippen LogP contribution in [0.3, 0.4) is 0 Å². The van der Waals surface area contributed by atoms with Gasteiger partial charge in [0.05, 0.1) is 0 Å². The van der Waals surface area contributed by atoms with E-state index in [0.717, 1.165) is 42.0 Å². The highest BCUT2D eigenvalue weighted by Gasteiger charge is 2.50. The van der Waals surface area contributed by atoms with Crippen molar-refractivity contribution in [2.45, 2.75) is 95.2 Å². The molecule has 1 aromatic carbocycles. The summed E-state index contributed by atoms with van der Waals surface area (Å²) in [7, 11) is 0. The van der Waals surface area contributed by atoms with Crippen molar-refractivity contribution in [2.24, 2.45) is 17.8 Å². The van der Waals surface area contributed by atoms with Crippen molar-refractivity contribution >= 4 is 23.4 Å². The number of amides is 3. The van der Waals surface area contributed by atoms with Crippen molar-refractivity contribution in [3.63, 3.8) is 0 Å². The van der Waals surface area contributed by atoms with E-state index in [1.54, 1.807) is 4.90 Å². The zero-order valence-corrected chi connectivity index (χ0v) is 21.3. The maximum Gasteiger partial charge on any atom is 0.255 e. The van der Waals surface area contributed by atoms with Gasteiger partial charge in [-0.05, 0) is 106 Å². The van der Waals surface area contributed by atoms with Crippen molar-refractivity contribution in [2.75, 3.05) is 18.4 Å². The van der Waals surface area contributed by atoms with E-state index in [9.17, 15) is 14.4 Å². The van der Waals surface area contributed by atoms with E-state index in [2.05, 4.69) is 16.0 Å². The largest absolute Gasteiger partial charge is 0.385 e. The summed E-state index contributed by atoms with van der Waals surface area (Å²) < 4.78 is 0. The van der Waals surface area contributed by atoms with Gasteiger partial charge in [0.15, 0.2) is 0 Å². The molecule has 0 spiro atoms. The molecule has 1 saturated heterocycles. The van der Waals surface area contributed by atoms with Crippen LogP contribution in [0.25, 0.3) is 0 Å². The minimum absolute atomic E-state index is 0.117. The van der Waals surface area contributed by atoms with Gasteiger partial charge in [0, 0.05) is 36.3 Å². The van der Waals surface area contributed by atoms with Crippen LogP contribution in [0.4, 0.5) is 5.69 Å². The first-order chi connectivity index (χ1) is 17.5. The second kappa shape index (κ2) is 9.81. The lowest BCUT2D eigenvalue weighted by molar-refractivity contribution is -0.136. The van der Waals surface area contributed by atoms with Gasteiger partial charge < -0.3 is 15.5 Å². The van der Waals surface area contributed by atoms with E-state index in [0.29, 0.717) is 24.1 Å². The molecule has 4 bridgehead atoms. The van der Waals surface area contributed by atoms with Crippen molar-refractivity contribution < 1.29 is 14.4 Å². The molecule has 7 heteroatoms. The minimum atomic E-state index is -0.559. The first-order valence-electron chi connectivity index (χ1n) is 14.2. The van der Waals surface area contributed by atoms with Gasteiger partial charge in [-0.1, -0.05) is 12.8 Å². The fraction of sp³-hybridized carbons (Fsp3) is 0.690. The van der Waals surface area contributed by atoms with Crippen molar-refractivity contribution in [1.29, 1.82) is 0 Å². The molecule has 1 aromatic rings. The normalized spacial score (nSPS) is 32.7. The smallest absolute Gasteiger partial charge is 0.255 e. The minimum Gasteiger partial charge on any atom is -0.385 e. The van der Waals surface area contributed by atoms with E-state index >= 15 is 0 Å². The fourth-order valence-corrected chi connectivity index (χ4v) is 8.20. The number of piperidine rings is 1. The Kier molecular flexibility index (Phi) is 6.53. The second-order valence-corrected chi connectivity index (χ2v) is 12.2. The first kappa shape index (κ1) is 24.0. The summed E-state index contributed by atoms with van der Waals surface area (Å²) in [4.78, 5) is 38.1. The molecule has 2 heterocycles. The third kappa shape index (κ3) is 4.79. The van der Waals surface area contributed by atoms with Crippen LogP contribution in [0.5, 0.6) is 0 Å². The Hall–Kier alpha value is -2.41. The average molecular weight is 493 g/mol. The van der Waals surface area contributed by atoms with Crippen LogP contribution in [0.1, 0.15) is 93.0 Å².